The minimum atomic E-state index is 0.0161. The molecule has 0 saturated carbocycles. The maximum atomic E-state index is 11.8. The van der Waals surface area contributed by atoms with E-state index in [1.165, 1.54) is 5.56 Å². The number of hydrogen-bond donors (Lipinski definition) is 2. The van der Waals surface area contributed by atoms with E-state index in [4.69, 9.17) is 0 Å². The number of carbonyl (C=O) groups excluding carboxylic acids is 1. The molecule has 1 aromatic carbocycles. The highest BCUT2D eigenvalue weighted by molar-refractivity contribution is 5.81. The van der Waals surface area contributed by atoms with E-state index in [2.05, 4.69) is 39.6 Å². The van der Waals surface area contributed by atoms with Gasteiger partial charge in [-0.25, -0.2) is 4.98 Å². The number of likely N-dealkylation sites (N-methyl/N-ethyl adjacent to an activating group) is 1. The molecule has 22 heavy (non-hydrogen) atoms. The summed E-state index contributed by atoms with van der Waals surface area (Å²) in [5.41, 5.74) is 1.23. The summed E-state index contributed by atoms with van der Waals surface area (Å²) in [6.07, 6.45) is 1.14. The SMILES string of the molecule is CCN[C@@H](Cc1ccccc1)c1n[nH]c(CC(=O)C(C)C)n1. The lowest BCUT2D eigenvalue weighted by molar-refractivity contribution is -0.121. The van der Waals surface area contributed by atoms with E-state index in [1.807, 2.05) is 32.0 Å². The second-order valence-corrected chi connectivity index (χ2v) is 5.74. The standard InChI is InChI=1S/C17H24N4O/c1-4-18-14(10-13-8-6-5-7-9-13)17-19-16(20-21-17)11-15(22)12(2)3/h5-9,12,14,18H,4,10-11H2,1-3H3,(H,19,20,21)/t14-/m0/s1. The number of Topliss-reactive ketones (excluding diaryl/α,β-unsaturated/α-hetero) is 1. The van der Waals surface area contributed by atoms with E-state index < -0.39 is 0 Å². The molecule has 0 amide bonds. The van der Waals surface area contributed by atoms with Crippen LogP contribution in [-0.4, -0.2) is 27.5 Å². The Hall–Kier alpha value is -2.01. The zero-order chi connectivity index (χ0) is 15.9. The van der Waals surface area contributed by atoms with Gasteiger partial charge in [-0.05, 0) is 18.5 Å². The van der Waals surface area contributed by atoms with Crippen LogP contribution in [-0.2, 0) is 17.6 Å². The van der Waals surface area contributed by atoms with Crippen LogP contribution in [0.4, 0.5) is 0 Å². The Labute approximate surface area is 131 Å². The third-order valence-corrected chi connectivity index (χ3v) is 3.58. The van der Waals surface area contributed by atoms with E-state index in [0.29, 0.717) is 12.2 Å². The summed E-state index contributed by atoms with van der Waals surface area (Å²) in [6, 6.07) is 10.3. The number of ketones is 1. The van der Waals surface area contributed by atoms with Gasteiger partial charge in [0.1, 0.15) is 11.6 Å². The highest BCUT2D eigenvalue weighted by atomic mass is 16.1. The van der Waals surface area contributed by atoms with Crippen molar-refractivity contribution in [1.29, 1.82) is 0 Å². The molecule has 1 heterocycles. The van der Waals surface area contributed by atoms with Gasteiger partial charge in [-0.1, -0.05) is 51.1 Å². The normalized spacial score (nSPS) is 12.5. The summed E-state index contributed by atoms with van der Waals surface area (Å²) in [4.78, 5) is 16.3. The van der Waals surface area contributed by atoms with Crippen molar-refractivity contribution in [2.24, 2.45) is 5.92 Å². The Balaban J connectivity index is 2.09. The number of hydrogen-bond acceptors (Lipinski definition) is 4. The molecule has 2 aromatic rings. The molecule has 0 aliphatic carbocycles. The lowest BCUT2D eigenvalue weighted by atomic mass is 10.1. The van der Waals surface area contributed by atoms with Gasteiger partial charge in [0.05, 0.1) is 12.5 Å². The number of nitrogens with one attached hydrogen (secondary N) is 2. The van der Waals surface area contributed by atoms with E-state index in [9.17, 15) is 4.79 Å². The van der Waals surface area contributed by atoms with Crippen LogP contribution in [0.1, 0.15) is 44.0 Å². The average Bonchev–Trinajstić information content (AvgIpc) is 2.96. The fourth-order valence-electron chi connectivity index (χ4n) is 2.27. The van der Waals surface area contributed by atoms with Crippen molar-refractivity contribution in [3.8, 4) is 0 Å². The molecule has 0 radical (unpaired) electrons. The second kappa shape index (κ2) is 7.84. The Morgan fingerprint density at radius 1 is 1.27 bits per heavy atom. The van der Waals surface area contributed by atoms with Crippen LogP contribution < -0.4 is 5.32 Å². The third-order valence-electron chi connectivity index (χ3n) is 3.58. The highest BCUT2D eigenvalue weighted by Gasteiger charge is 2.18. The first-order valence-electron chi connectivity index (χ1n) is 7.81. The number of aromatic amines is 1. The highest BCUT2D eigenvalue weighted by Crippen LogP contribution is 2.15. The van der Waals surface area contributed by atoms with Gasteiger partial charge in [0.2, 0.25) is 0 Å². The largest absolute Gasteiger partial charge is 0.307 e. The fraction of sp³-hybridized carbons (Fsp3) is 0.471. The number of H-pyrrole nitrogens is 1. The van der Waals surface area contributed by atoms with E-state index in [0.717, 1.165) is 18.8 Å². The Bertz CT molecular complexity index is 592. The predicted octanol–water partition coefficient (Wildman–Crippen LogP) is 2.47. The number of rotatable bonds is 8. The molecule has 0 aliphatic heterocycles. The van der Waals surface area contributed by atoms with Crippen molar-refractivity contribution >= 4 is 5.78 Å². The van der Waals surface area contributed by atoms with Crippen molar-refractivity contribution in [3.05, 3.63) is 47.5 Å². The molecule has 2 rings (SSSR count). The van der Waals surface area contributed by atoms with Gasteiger partial charge >= 0.3 is 0 Å². The molecule has 0 saturated heterocycles. The van der Waals surface area contributed by atoms with Crippen LogP contribution in [0.5, 0.6) is 0 Å². The molecule has 0 aliphatic rings. The quantitative estimate of drug-likeness (QED) is 0.785. The average molecular weight is 300 g/mol. The smallest absolute Gasteiger partial charge is 0.167 e. The first-order chi connectivity index (χ1) is 10.6. The molecule has 1 aromatic heterocycles. The molecule has 5 heteroatoms. The second-order valence-electron chi connectivity index (χ2n) is 5.74. The zero-order valence-electron chi connectivity index (χ0n) is 13.5. The van der Waals surface area contributed by atoms with Gasteiger partial charge in [0.25, 0.3) is 0 Å². The monoisotopic (exact) mass is 300 g/mol. The van der Waals surface area contributed by atoms with Crippen LogP contribution in [0.2, 0.25) is 0 Å². The summed E-state index contributed by atoms with van der Waals surface area (Å²) in [7, 11) is 0. The molecule has 0 spiro atoms. The van der Waals surface area contributed by atoms with Crippen molar-refractivity contribution in [3.63, 3.8) is 0 Å². The number of aromatic nitrogens is 3. The molecule has 5 nitrogen and oxygen atoms in total. The van der Waals surface area contributed by atoms with Gasteiger partial charge in [-0.3, -0.25) is 9.89 Å². The van der Waals surface area contributed by atoms with Crippen LogP contribution in [0, 0.1) is 5.92 Å². The van der Waals surface area contributed by atoms with Gasteiger partial charge in [0.15, 0.2) is 5.82 Å². The first kappa shape index (κ1) is 16.4. The minimum Gasteiger partial charge on any atom is -0.307 e. The van der Waals surface area contributed by atoms with Crippen molar-refractivity contribution < 1.29 is 4.79 Å². The lowest BCUT2D eigenvalue weighted by Gasteiger charge is -2.14. The van der Waals surface area contributed by atoms with E-state index in [1.54, 1.807) is 0 Å². The van der Waals surface area contributed by atoms with E-state index in [-0.39, 0.29) is 17.7 Å². The molecule has 0 bridgehead atoms. The fourth-order valence-corrected chi connectivity index (χ4v) is 2.27. The van der Waals surface area contributed by atoms with Crippen molar-refractivity contribution in [2.45, 2.75) is 39.7 Å². The Morgan fingerprint density at radius 2 is 2.00 bits per heavy atom. The van der Waals surface area contributed by atoms with Gasteiger partial charge in [-0.15, -0.1) is 0 Å². The zero-order valence-corrected chi connectivity index (χ0v) is 13.5. The molecule has 0 fully saturated rings. The summed E-state index contributed by atoms with van der Waals surface area (Å²) >= 11 is 0. The minimum absolute atomic E-state index is 0.0161. The number of benzene rings is 1. The number of nitrogens with zero attached hydrogens (tertiary/aromatic N) is 2. The van der Waals surface area contributed by atoms with Crippen molar-refractivity contribution in [1.82, 2.24) is 20.5 Å². The topological polar surface area (TPSA) is 70.7 Å². The van der Waals surface area contributed by atoms with Crippen LogP contribution in [0.15, 0.2) is 30.3 Å². The van der Waals surface area contributed by atoms with E-state index >= 15 is 0 Å². The molecule has 0 unspecified atom stereocenters. The Kier molecular flexibility index (Phi) is 5.83. The Morgan fingerprint density at radius 3 is 2.64 bits per heavy atom. The van der Waals surface area contributed by atoms with Crippen LogP contribution >= 0.6 is 0 Å². The molecular weight excluding hydrogens is 276 g/mol. The summed E-state index contributed by atoms with van der Waals surface area (Å²) < 4.78 is 0. The molecule has 118 valence electrons. The molecular formula is C17H24N4O. The van der Waals surface area contributed by atoms with Crippen molar-refractivity contribution in [2.75, 3.05) is 6.54 Å². The first-order valence-corrected chi connectivity index (χ1v) is 7.81. The third kappa shape index (κ3) is 4.49. The van der Waals surface area contributed by atoms with Crippen LogP contribution in [0.3, 0.4) is 0 Å². The molecule has 2 N–H and O–H groups in total. The van der Waals surface area contributed by atoms with Crippen LogP contribution in [0.25, 0.3) is 0 Å². The maximum absolute atomic E-state index is 11.8. The number of carbonyl (C=O) groups is 1. The predicted molar refractivity (Wildman–Crippen MR) is 86.5 cm³/mol. The molecule has 1 atom stereocenters. The lowest BCUT2D eigenvalue weighted by Crippen LogP contribution is -2.24. The summed E-state index contributed by atoms with van der Waals surface area (Å²) in [6.45, 7) is 6.70. The maximum Gasteiger partial charge on any atom is 0.167 e. The van der Waals surface area contributed by atoms with Gasteiger partial charge in [-0.2, -0.15) is 5.10 Å². The summed E-state index contributed by atoms with van der Waals surface area (Å²) in [5.74, 6) is 1.55. The summed E-state index contributed by atoms with van der Waals surface area (Å²) in [5, 5.41) is 10.6. The van der Waals surface area contributed by atoms with Gasteiger partial charge in [0, 0.05) is 5.92 Å². The van der Waals surface area contributed by atoms with Gasteiger partial charge < -0.3 is 5.32 Å².